The van der Waals surface area contributed by atoms with Gasteiger partial charge in [0.05, 0.1) is 6.54 Å². The van der Waals surface area contributed by atoms with Crippen molar-refractivity contribution in [3.63, 3.8) is 0 Å². The Kier molecular flexibility index (Phi) is 4.28. The van der Waals surface area contributed by atoms with Crippen molar-refractivity contribution in [1.82, 2.24) is 10.2 Å². The van der Waals surface area contributed by atoms with Crippen molar-refractivity contribution in [2.45, 2.75) is 12.5 Å². The Balaban J connectivity index is 1.63. The molecule has 120 valence electrons. The van der Waals surface area contributed by atoms with Crippen LogP contribution >= 0.6 is 22.9 Å². The Morgan fingerprint density at radius 1 is 1.26 bits per heavy atom. The molecule has 1 aliphatic heterocycles. The zero-order valence-electron chi connectivity index (χ0n) is 12.4. The average molecular weight is 351 g/mol. The summed E-state index contributed by atoms with van der Waals surface area (Å²) in [6.45, 7) is 2.13. The monoisotopic (exact) mass is 350 g/mol. The molecule has 1 aromatic heterocycles. The van der Waals surface area contributed by atoms with Crippen molar-refractivity contribution in [2.24, 2.45) is 0 Å². The predicted octanol–water partition coefficient (Wildman–Crippen LogP) is 3.25. The van der Waals surface area contributed by atoms with Gasteiger partial charge < -0.3 is 10.1 Å². The molecule has 1 aromatic carbocycles. The molecule has 1 saturated heterocycles. The second-order valence-corrected chi connectivity index (χ2v) is 6.68. The Labute approximate surface area is 142 Å². The van der Waals surface area contributed by atoms with Crippen molar-refractivity contribution in [3.05, 3.63) is 51.7 Å². The molecular formula is C16H15ClN2O3S. The number of benzene rings is 1. The maximum absolute atomic E-state index is 12.6. The van der Waals surface area contributed by atoms with Crippen LogP contribution in [0.25, 0.3) is 0 Å². The van der Waals surface area contributed by atoms with Crippen LogP contribution in [0.4, 0.5) is 4.79 Å². The highest BCUT2D eigenvalue weighted by Crippen LogP contribution is 2.31. The molecule has 1 aliphatic rings. The fourth-order valence-corrected chi connectivity index (χ4v) is 3.38. The number of halogens is 1. The number of thiophene rings is 1. The van der Waals surface area contributed by atoms with Gasteiger partial charge in [0.15, 0.2) is 5.54 Å². The molecule has 1 unspecified atom stereocenters. The third-order valence-electron chi connectivity index (χ3n) is 3.69. The quantitative estimate of drug-likeness (QED) is 0.842. The van der Waals surface area contributed by atoms with Crippen molar-refractivity contribution in [3.8, 4) is 5.75 Å². The van der Waals surface area contributed by atoms with Gasteiger partial charge in [-0.1, -0.05) is 17.7 Å². The third kappa shape index (κ3) is 3.04. The number of rotatable bonds is 5. The van der Waals surface area contributed by atoms with Gasteiger partial charge in [-0.2, -0.15) is 0 Å². The van der Waals surface area contributed by atoms with E-state index in [-0.39, 0.29) is 19.1 Å². The second kappa shape index (κ2) is 6.22. The molecule has 2 aromatic rings. The summed E-state index contributed by atoms with van der Waals surface area (Å²) in [6.07, 6.45) is 0. The van der Waals surface area contributed by atoms with E-state index in [0.717, 1.165) is 4.88 Å². The molecule has 7 heteroatoms. The molecule has 0 saturated carbocycles. The minimum atomic E-state index is -0.995. The Morgan fingerprint density at radius 2 is 2.00 bits per heavy atom. The van der Waals surface area contributed by atoms with Gasteiger partial charge in [-0.15, -0.1) is 11.3 Å². The number of nitrogens with one attached hydrogen (secondary N) is 1. The molecule has 5 nitrogen and oxygen atoms in total. The number of hydrogen-bond donors (Lipinski definition) is 1. The lowest BCUT2D eigenvalue weighted by atomic mass is 10.0. The predicted molar refractivity (Wildman–Crippen MR) is 88.9 cm³/mol. The molecule has 0 aliphatic carbocycles. The summed E-state index contributed by atoms with van der Waals surface area (Å²) in [5.74, 6) is 0.382. The number of imide groups is 1. The van der Waals surface area contributed by atoms with Gasteiger partial charge in [-0.25, -0.2) is 4.79 Å². The van der Waals surface area contributed by atoms with Gasteiger partial charge in [0.1, 0.15) is 12.4 Å². The van der Waals surface area contributed by atoms with Crippen molar-refractivity contribution in [2.75, 3.05) is 13.2 Å². The van der Waals surface area contributed by atoms with Crippen LogP contribution < -0.4 is 10.1 Å². The minimum Gasteiger partial charge on any atom is -0.492 e. The number of carbonyl (C=O) groups is 2. The molecule has 3 rings (SSSR count). The van der Waals surface area contributed by atoms with E-state index in [1.807, 2.05) is 17.5 Å². The van der Waals surface area contributed by atoms with Crippen LogP contribution in [0.1, 0.15) is 11.8 Å². The van der Waals surface area contributed by atoms with E-state index in [9.17, 15) is 9.59 Å². The lowest BCUT2D eigenvalue weighted by molar-refractivity contribution is -0.131. The summed E-state index contributed by atoms with van der Waals surface area (Å²) in [5.41, 5.74) is -0.995. The first-order chi connectivity index (χ1) is 11.0. The van der Waals surface area contributed by atoms with Crippen molar-refractivity contribution < 1.29 is 14.3 Å². The Morgan fingerprint density at radius 3 is 2.65 bits per heavy atom. The van der Waals surface area contributed by atoms with Crippen LogP contribution in [0, 0.1) is 0 Å². The van der Waals surface area contributed by atoms with E-state index < -0.39 is 11.6 Å². The highest BCUT2D eigenvalue weighted by Gasteiger charge is 2.49. The highest BCUT2D eigenvalue weighted by atomic mass is 35.5. The van der Waals surface area contributed by atoms with E-state index in [1.165, 1.54) is 16.2 Å². The van der Waals surface area contributed by atoms with E-state index in [0.29, 0.717) is 10.8 Å². The Bertz CT molecular complexity index is 717. The number of nitrogens with zero attached hydrogens (tertiary/aromatic N) is 1. The number of ether oxygens (including phenoxy) is 1. The highest BCUT2D eigenvalue weighted by molar-refractivity contribution is 7.10. The summed E-state index contributed by atoms with van der Waals surface area (Å²) in [6, 6.07) is 10.2. The van der Waals surface area contributed by atoms with Gasteiger partial charge in [0.25, 0.3) is 5.91 Å². The zero-order valence-corrected chi connectivity index (χ0v) is 14.0. The smallest absolute Gasteiger partial charge is 0.325 e. The first-order valence-corrected chi connectivity index (χ1v) is 8.33. The van der Waals surface area contributed by atoms with Gasteiger partial charge >= 0.3 is 6.03 Å². The van der Waals surface area contributed by atoms with Gasteiger partial charge in [-0.3, -0.25) is 9.69 Å². The molecular weight excluding hydrogens is 336 g/mol. The fourth-order valence-electron chi connectivity index (χ4n) is 2.42. The lowest BCUT2D eigenvalue weighted by Gasteiger charge is -2.20. The molecule has 2 heterocycles. The SMILES string of the molecule is CC1(c2cccs2)NC(=O)N(CCOc2ccc(Cl)cc2)C1=O. The summed E-state index contributed by atoms with van der Waals surface area (Å²) < 4.78 is 5.55. The summed E-state index contributed by atoms with van der Waals surface area (Å²) >= 11 is 7.25. The lowest BCUT2D eigenvalue weighted by Crippen LogP contribution is -2.40. The molecule has 0 spiro atoms. The molecule has 1 fully saturated rings. The maximum Gasteiger partial charge on any atom is 0.325 e. The summed E-state index contributed by atoms with van der Waals surface area (Å²) in [7, 11) is 0. The fraction of sp³-hybridized carbons (Fsp3) is 0.250. The average Bonchev–Trinajstić information content (AvgIpc) is 3.13. The number of carbonyl (C=O) groups excluding carboxylic acids is 2. The number of amides is 3. The zero-order chi connectivity index (χ0) is 16.4. The third-order valence-corrected chi connectivity index (χ3v) is 5.03. The van der Waals surface area contributed by atoms with Crippen LogP contribution in [0.2, 0.25) is 5.02 Å². The molecule has 1 atom stereocenters. The largest absolute Gasteiger partial charge is 0.492 e. The van der Waals surface area contributed by atoms with E-state index in [4.69, 9.17) is 16.3 Å². The second-order valence-electron chi connectivity index (χ2n) is 5.29. The van der Waals surface area contributed by atoms with Gasteiger partial charge in [0.2, 0.25) is 0 Å². The first kappa shape index (κ1) is 15.8. The normalized spacial score (nSPS) is 20.7. The molecule has 3 amide bonds. The topological polar surface area (TPSA) is 58.6 Å². The van der Waals surface area contributed by atoms with E-state index in [2.05, 4.69) is 5.32 Å². The maximum atomic E-state index is 12.6. The van der Waals surface area contributed by atoms with E-state index >= 15 is 0 Å². The van der Waals surface area contributed by atoms with Gasteiger partial charge in [0, 0.05) is 9.90 Å². The minimum absolute atomic E-state index is 0.189. The van der Waals surface area contributed by atoms with E-state index in [1.54, 1.807) is 31.2 Å². The number of urea groups is 1. The van der Waals surface area contributed by atoms with Crippen LogP contribution in [0.5, 0.6) is 5.75 Å². The summed E-state index contributed by atoms with van der Waals surface area (Å²) in [4.78, 5) is 26.7. The van der Waals surface area contributed by atoms with Crippen LogP contribution in [-0.2, 0) is 10.3 Å². The Hall–Kier alpha value is -2.05. The molecule has 0 radical (unpaired) electrons. The van der Waals surface area contributed by atoms with Crippen molar-refractivity contribution in [1.29, 1.82) is 0 Å². The van der Waals surface area contributed by atoms with Crippen LogP contribution in [0.3, 0.4) is 0 Å². The first-order valence-electron chi connectivity index (χ1n) is 7.07. The number of hydrogen-bond acceptors (Lipinski definition) is 4. The van der Waals surface area contributed by atoms with Crippen LogP contribution in [-0.4, -0.2) is 30.0 Å². The van der Waals surface area contributed by atoms with Crippen LogP contribution in [0.15, 0.2) is 41.8 Å². The molecule has 0 bridgehead atoms. The van der Waals surface area contributed by atoms with Crippen molar-refractivity contribution >= 4 is 34.9 Å². The standard InChI is InChI=1S/C16H15ClN2O3S/c1-16(13-3-2-10-23-13)14(20)19(15(21)18-16)8-9-22-12-6-4-11(17)5-7-12/h2-7,10H,8-9H2,1H3,(H,18,21). The summed E-state index contributed by atoms with van der Waals surface area (Å²) in [5, 5.41) is 5.27. The van der Waals surface area contributed by atoms with Gasteiger partial charge in [-0.05, 0) is 42.6 Å². The molecule has 1 N–H and O–H groups in total. The molecule has 23 heavy (non-hydrogen) atoms.